The van der Waals surface area contributed by atoms with E-state index < -0.39 is 10.8 Å². The van der Waals surface area contributed by atoms with Gasteiger partial charge in [-0.25, -0.2) is 0 Å². The predicted octanol–water partition coefficient (Wildman–Crippen LogP) is 2.06. The van der Waals surface area contributed by atoms with Gasteiger partial charge in [-0.1, -0.05) is 23.8 Å². The lowest BCUT2D eigenvalue weighted by atomic mass is 9.62. The maximum Gasteiger partial charge on any atom is 0.182 e. The Labute approximate surface area is 111 Å². The van der Waals surface area contributed by atoms with Crippen LogP contribution < -0.4 is 0 Å². The molecule has 4 heteroatoms. The Morgan fingerprint density at radius 3 is 2.05 bits per heavy atom. The van der Waals surface area contributed by atoms with Gasteiger partial charge in [-0.15, -0.1) is 0 Å². The van der Waals surface area contributed by atoms with Crippen molar-refractivity contribution in [3.8, 4) is 24.3 Å². The molecule has 0 heterocycles. The normalized spacial score (nSPS) is 38.5. The molecular weight excluding hydrogens is 236 g/mol. The van der Waals surface area contributed by atoms with Gasteiger partial charge in [-0.3, -0.25) is 0 Å². The highest BCUT2D eigenvalue weighted by molar-refractivity contribution is 5.50. The fourth-order valence-electron chi connectivity index (χ4n) is 4.31. The van der Waals surface area contributed by atoms with E-state index in [9.17, 15) is 21.0 Å². The van der Waals surface area contributed by atoms with Gasteiger partial charge >= 0.3 is 0 Å². The molecule has 0 unspecified atom stereocenters. The fraction of sp³-hybridized carbons (Fsp3) is 0.467. The van der Waals surface area contributed by atoms with Crippen LogP contribution in [0.25, 0.3) is 0 Å². The zero-order chi connectivity index (χ0) is 13.8. The van der Waals surface area contributed by atoms with Crippen LogP contribution >= 0.6 is 0 Å². The van der Waals surface area contributed by atoms with Crippen molar-refractivity contribution in [2.45, 2.75) is 6.92 Å². The van der Waals surface area contributed by atoms with Crippen LogP contribution in [0.15, 0.2) is 23.8 Å². The van der Waals surface area contributed by atoms with Gasteiger partial charge in [0, 0.05) is 11.8 Å². The summed E-state index contributed by atoms with van der Waals surface area (Å²) in [6.45, 7) is 1.89. The van der Waals surface area contributed by atoms with Crippen LogP contribution in [-0.2, 0) is 0 Å². The lowest BCUT2D eigenvalue weighted by Crippen LogP contribution is -2.40. The van der Waals surface area contributed by atoms with Gasteiger partial charge in [0.15, 0.2) is 10.8 Å². The third-order valence-corrected chi connectivity index (χ3v) is 5.02. The summed E-state index contributed by atoms with van der Waals surface area (Å²) in [5.74, 6) is -0.476. The first-order valence-electron chi connectivity index (χ1n) is 6.13. The van der Waals surface area contributed by atoms with Crippen molar-refractivity contribution >= 4 is 0 Å². The van der Waals surface area contributed by atoms with E-state index in [-0.39, 0.29) is 23.7 Å². The standard InChI is InChI=1S/C15H10N4/c1-9-4-10-2-3-11-12(10)13(9)15(7-18,8-19)14(11,5-16)6-17/h2-4,10-13H,1H3/t10-,11+,12-,13-/m1/s1. The van der Waals surface area contributed by atoms with Crippen molar-refractivity contribution < 1.29 is 0 Å². The van der Waals surface area contributed by atoms with Gasteiger partial charge in [0.05, 0.1) is 24.3 Å². The van der Waals surface area contributed by atoms with Gasteiger partial charge in [0.1, 0.15) is 0 Å². The van der Waals surface area contributed by atoms with E-state index in [2.05, 4.69) is 6.08 Å². The second-order valence-corrected chi connectivity index (χ2v) is 5.52. The van der Waals surface area contributed by atoms with Crippen molar-refractivity contribution in [1.82, 2.24) is 0 Å². The highest BCUT2D eigenvalue weighted by Crippen LogP contribution is 2.69. The molecule has 0 spiro atoms. The summed E-state index contributed by atoms with van der Waals surface area (Å²) in [4.78, 5) is 0. The monoisotopic (exact) mass is 246 g/mol. The maximum atomic E-state index is 9.58. The summed E-state index contributed by atoms with van der Waals surface area (Å²) in [5, 5.41) is 38.3. The first-order chi connectivity index (χ1) is 9.11. The number of nitriles is 4. The Morgan fingerprint density at radius 1 is 0.947 bits per heavy atom. The molecule has 0 aromatic heterocycles. The van der Waals surface area contributed by atoms with Crippen LogP contribution in [-0.4, -0.2) is 0 Å². The zero-order valence-electron chi connectivity index (χ0n) is 10.3. The second kappa shape index (κ2) is 3.26. The minimum Gasteiger partial charge on any atom is -0.196 e. The summed E-state index contributed by atoms with van der Waals surface area (Å²) in [7, 11) is 0. The van der Waals surface area contributed by atoms with Crippen molar-refractivity contribution in [2.75, 3.05) is 0 Å². The first-order valence-corrected chi connectivity index (χ1v) is 6.13. The number of hydrogen-bond acceptors (Lipinski definition) is 4. The zero-order valence-corrected chi connectivity index (χ0v) is 10.3. The molecule has 1 saturated carbocycles. The average molecular weight is 246 g/mol. The molecule has 4 nitrogen and oxygen atoms in total. The fourth-order valence-corrected chi connectivity index (χ4v) is 4.31. The number of nitrogens with zero attached hydrogens (tertiary/aromatic N) is 4. The van der Waals surface area contributed by atoms with Gasteiger partial charge < -0.3 is 0 Å². The van der Waals surface area contributed by atoms with Gasteiger partial charge in [0.25, 0.3) is 0 Å². The van der Waals surface area contributed by atoms with Crippen molar-refractivity contribution in [1.29, 1.82) is 21.0 Å². The predicted molar refractivity (Wildman–Crippen MR) is 64.2 cm³/mol. The third kappa shape index (κ3) is 0.907. The van der Waals surface area contributed by atoms with Gasteiger partial charge in [0.2, 0.25) is 0 Å². The quantitative estimate of drug-likeness (QED) is 0.611. The van der Waals surface area contributed by atoms with E-state index in [1.54, 1.807) is 0 Å². The van der Waals surface area contributed by atoms with Crippen molar-refractivity contribution in [3.63, 3.8) is 0 Å². The van der Waals surface area contributed by atoms with E-state index in [1.807, 2.05) is 43.4 Å². The molecule has 90 valence electrons. The Kier molecular flexibility index (Phi) is 1.98. The molecule has 0 radical (unpaired) electrons. The lowest BCUT2D eigenvalue weighted by Gasteiger charge is -2.29. The van der Waals surface area contributed by atoms with Gasteiger partial charge in [-0.2, -0.15) is 21.0 Å². The molecule has 0 N–H and O–H groups in total. The Morgan fingerprint density at radius 2 is 1.53 bits per heavy atom. The number of hydrogen-bond donors (Lipinski definition) is 0. The van der Waals surface area contributed by atoms with E-state index in [1.165, 1.54) is 0 Å². The van der Waals surface area contributed by atoms with Crippen molar-refractivity contribution in [2.24, 2.45) is 34.5 Å². The molecule has 3 aliphatic carbocycles. The van der Waals surface area contributed by atoms with Crippen LogP contribution in [0.2, 0.25) is 0 Å². The van der Waals surface area contributed by atoms with Crippen LogP contribution in [0, 0.1) is 79.8 Å². The molecule has 19 heavy (non-hydrogen) atoms. The Hall–Kier alpha value is -2.56. The molecule has 0 aliphatic heterocycles. The maximum absolute atomic E-state index is 9.58. The molecule has 0 aromatic carbocycles. The van der Waals surface area contributed by atoms with E-state index in [0.29, 0.717) is 0 Å². The highest BCUT2D eigenvalue weighted by Gasteiger charge is 2.74. The summed E-state index contributed by atoms with van der Waals surface area (Å²) >= 11 is 0. The minimum atomic E-state index is -1.56. The lowest BCUT2D eigenvalue weighted by molar-refractivity contribution is 0.284. The second-order valence-electron chi connectivity index (χ2n) is 5.52. The SMILES string of the molecule is CC1=C[C@H]2C=C[C@H]3[C@@H]2[C@@H]1C(C#N)(C#N)C3(C#N)C#N. The molecule has 4 atom stereocenters. The molecule has 3 aliphatic rings. The molecule has 0 amide bonds. The number of allylic oxidation sites excluding steroid dienone is 4. The molecule has 0 bridgehead atoms. The smallest absolute Gasteiger partial charge is 0.182 e. The highest BCUT2D eigenvalue weighted by atomic mass is 14.7. The Balaban J connectivity index is 2.36. The van der Waals surface area contributed by atoms with E-state index >= 15 is 0 Å². The summed E-state index contributed by atoms with van der Waals surface area (Å²) in [6, 6.07) is 8.08. The summed E-state index contributed by atoms with van der Waals surface area (Å²) < 4.78 is 0. The summed E-state index contributed by atoms with van der Waals surface area (Å²) in [6.07, 6.45) is 5.92. The molecule has 1 fully saturated rings. The Bertz CT molecular complexity index is 658. The first kappa shape index (κ1) is 11.5. The molecule has 3 rings (SSSR count). The van der Waals surface area contributed by atoms with E-state index in [4.69, 9.17) is 0 Å². The van der Waals surface area contributed by atoms with Crippen molar-refractivity contribution in [3.05, 3.63) is 23.8 Å². The van der Waals surface area contributed by atoms with Gasteiger partial charge in [-0.05, 0) is 18.8 Å². The third-order valence-electron chi connectivity index (χ3n) is 5.02. The number of rotatable bonds is 0. The van der Waals surface area contributed by atoms with Crippen LogP contribution in [0.3, 0.4) is 0 Å². The molecule has 0 aromatic rings. The molecule has 0 saturated heterocycles. The minimum absolute atomic E-state index is 0.0126. The van der Waals surface area contributed by atoms with E-state index in [0.717, 1.165) is 5.57 Å². The summed E-state index contributed by atoms with van der Waals surface area (Å²) in [5.41, 5.74) is -2.17. The average Bonchev–Trinajstić information content (AvgIpc) is 3.03. The van der Waals surface area contributed by atoms with Crippen LogP contribution in [0.4, 0.5) is 0 Å². The van der Waals surface area contributed by atoms with Crippen LogP contribution in [0.5, 0.6) is 0 Å². The topological polar surface area (TPSA) is 95.2 Å². The molecular formula is C15H10N4. The largest absolute Gasteiger partial charge is 0.196 e. The van der Waals surface area contributed by atoms with Crippen LogP contribution in [0.1, 0.15) is 6.92 Å².